The van der Waals surface area contributed by atoms with Crippen molar-refractivity contribution in [1.29, 1.82) is 0 Å². The molecule has 15 heavy (non-hydrogen) atoms. The Bertz CT molecular complexity index is 201. The molecule has 0 aromatic carbocycles. The van der Waals surface area contributed by atoms with Crippen molar-refractivity contribution in [2.45, 2.75) is 65.4 Å². The maximum atomic E-state index is 11.0. The Kier molecular flexibility index (Phi) is 5.13. The van der Waals surface area contributed by atoms with Gasteiger partial charge in [0.15, 0.2) is 0 Å². The normalized spacial score (nSPS) is 30.5. The number of carbonyl (C=O) groups excluding carboxylic acids is 1. The van der Waals surface area contributed by atoms with Gasteiger partial charge in [0.05, 0.1) is 0 Å². The minimum atomic E-state index is -0.116. The molecule has 0 amide bonds. The van der Waals surface area contributed by atoms with Crippen LogP contribution in [0.15, 0.2) is 0 Å². The highest BCUT2D eigenvalue weighted by Crippen LogP contribution is 2.37. The maximum absolute atomic E-state index is 11.0. The van der Waals surface area contributed by atoms with Crippen molar-refractivity contribution in [3.63, 3.8) is 0 Å². The first-order valence-corrected chi connectivity index (χ1v) is 6.32. The first-order chi connectivity index (χ1) is 7.15. The molecule has 2 nitrogen and oxygen atoms in total. The molecule has 3 atom stereocenters. The Morgan fingerprint density at radius 1 is 1.33 bits per heavy atom. The lowest BCUT2D eigenvalue weighted by molar-refractivity contribution is -0.148. The zero-order chi connectivity index (χ0) is 11.3. The first-order valence-electron chi connectivity index (χ1n) is 6.32. The summed E-state index contributed by atoms with van der Waals surface area (Å²) in [5.74, 6) is 1.22. The number of carbonyl (C=O) groups is 1. The summed E-state index contributed by atoms with van der Waals surface area (Å²) in [4.78, 5) is 11.0. The van der Waals surface area contributed by atoms with E-state index in [1.807, 2.05) is 0 Å². The molecule has 0 heterocycles. The average molecular weight is 212 g/mol. The van der Waals surface area contributed by atoms with E-state index >= 15 is 0 Å². The number of unbranched alkanes of at least 4 members (excludes halogenated alkanes) is 2. The Morgan fingerprint density at radius 2 is 2.07 bits per heavy atom. The van der Waals surface area contributed by atoms with Crippen molar-refractivity contribution < 1.29 is 9.53 Å². The summed E-state index contributed by atoms with van der Waals surface area (Å²) in [5, 5.41) is 0. The quantitative estimate of drug-likeness (QED) is 0.514. The average Bonchev–Trinajstić information content (AvgIpc) is 2.49. The van der Waals surface area contributed by atoms with Gasteiger partial charge in [-0.3, -0.25) is 4.79 Å². The maximum Gasteiger partial charge on any atom is 0.302 e. The zero-order valence-electron chi connectivity index (χ0n) is 10.3. The second-order valence-corrected chi connectivity index (χ2v) is 4.86. The lowest BCUT2D eigenvalue weighted by Crippen LogP contribution is -2.23. The SMILES string of the molecule is CCCCC[C@H]1[C@H](C)CC[C@@H]1OC(C)=O. The van der Waals surface area contributed by atoms with E-state index in [0.29, 0.717) is 5.92 Å². The van der Waals surface area contributed by atoms with Gasteiger partial charge in [-0.25, -0.2) is 0 Å². The minimum Gasteiger partial charge on any atom is -0.462 e. The molecule has 1 aliphatic carbocycles. The van der Waals surface area contributed by atoms with Crippen LogP contribution in [0.5, 0.6) is 0 Å². The standard InChI is InChI=1S/C13H24O2/c1-4-5-6-7-12-10(2)8-9-13(12)15-11(3)14/h10,12-13H,4-9H2,1-3H3/t10-,12+,13+/m1/s1. The largest absolute Gasteiger partial charge is 0.462 e. The molecular formula is C13H24O2. The van der Waals surface area contributed by atoms with E-state index in [1.54, 1.807) is 0 Å². The van der Waals surface area contributed by atoms with Gasteiger partial charge in [-0.15, -0.1) is 0 Å². The van der Waals surface area contributed by atoms with Gasteiger partial charge in [-0.1, -0.05) is 33.1 Å². The highest BCUT2D eigenvalue weighted by Gasteiger charge is 2.34. The highest BCUT2D eigenvalue weighted by atomic mass is 16.5. The number of hydrogen-bond donors (Lipinski definition) is 0. The fourth-order valence-corrected chi connectivity index (χ4v) is 2.68. The van der Waals surface area contributed by atoms with Crippen LogP contribution in [0.1, 0.15) is 59.3 Å². The van der Waals surface area contributed by atoms with Gasteiger partial charge in [0.2, 0.25) is 0 Å². The van der Waals surface area contributed by atoms with E-state index in [-0.39, 0.29) is 12.1 Å². The molecule has 0 bridgehead atoms. The van der Waals surface area contributed by atoms with Crippen molar-refractivity contribution in [2.24, 2.45) is 11.8 Å². The van der Waals surface area contributed by atoms with Crippen LogP contribution in [0.25, 0.3) is 0 Å². The molecular weight excluding hydrogens is 188 g/mol. The van der Waals surface area contributed by atoms with Crippen molar-refractivity contribution >= 4 is 5.97 Å². The van der Waals surface area contributed by atoms with E-state index in [1.165, 1.54) is 39.0 Å². The van der Waals surface area contributed by atoms with E-state index < -0.39 is 0 Å². The molecule has 0 aromatic heterocycles. The molecule has 0 radical (unpaired) electrons. The van der Waals surface area contributed by atoms with Gasteiger partial charge in [0.25, 0.3) is 0 Å². The molecule has 0 spiro atoms. The summed E-state index contributed by atoms with van der Waals surface area (Å²) in [6.45, 7) is 6.04. The molecule has 0 aliphatic heterocycles. The van der Waals surface area contributed by atoms with Crippen LogP contribution in [-0.4, -0.2) is 12.1 Å². The third kappa shape index (κ3) is 3.84. The monoisotopic (exact) mass is 212 g/mol. The lowest BCUT2D eigenvalue weighted by Gasteiger charge is -2.22. The van der Waals surface area contributed by atoms with Gasteiger partial charge >= 0.3 is 5.97 Å². The van der Waals surface area contributed by atoms with E-state index in [9.17, 15) is 4.79 Å². The smallest absolute Gasteiger partial charge is 0.302 e. The molecule has 1 rings (SSSR count). The van der Waals surface area contributed by atoms with Crippen LogP contribution in [0.4, 0.5) is 0 Å². The summed E-state index contributed by atoms with van der Waals surface area (Å²) in [6, 6.07) is 0. The summed E-state index contributed by atoms with van der Waals surface area (Å²) < 4.78 is 5.39. The van der Waals surface area contributed by atoms with Crippen LogP contribution in [0.3, 0.4) is 0 Å². The second kappa shape index (κ2) is 6.14. The summed E-state index contributed by atoms with van der Waals surface area (Å²) in [6.07, 6.45) is 7.56. The lowest BCUT2D eigenvalue weighted by atomic mass is 9.91. The minimum absolute atomic E-state index is 0.116. The summed E-state index contributed by atoms with van der Waals surface area (Å²) in [5.41, 5.74) is 0. The van der Waals surface area contributed by atoms with Crippen molar-refractivity contribution in [3.05, 3.63) is 0 Å². The second-order valence-electron chi connectivity index (χ2n) is 4.86. The van der Waals surface area contributed by atoms with Crippen LogP contribution in [0.2, 0.25) is 0 Å². The fraction of sp³-hybridized carbons (Fsp3) is 0.923. The van der Waals surface area contributed by atoms with E-state index in [0.717, 1.165) is 12.3 Å². The first kappa shape index (κ1) is 12.5. The third-order valence-electron chi connectivity index (χ3n) is 3.57. The van der Waals surface area contributed by atoms with Crippen molar-refractivity contribution in [3.8, 4) is 0 Å². The Balaban J connectivity index is 2.38. The number of hydrogen-bond acceptors (Lipinski definition) is 2. The van der Waals surface area contributed by atoms with Crippen LogP contribution in [0, 0.1) is 11.8 Å². The van der Waals surface area contributed by atoms with Gasteiger partial charge in [0, 0.05) is 6.92 Å². The van der Waals surface area contributed by atoms with Gasteiger partial charge in [-0.05, 0) is 31.1 Å². The molecule has 88 valence electrons. The molecule has 1 saturated carbocycles. The predicted molar refractivity (Wildman–Crippen MR) is 61.6 cm³/mol. The third-order valence-corrected chi connectivity index (χ3v) is 3.57. The van der Waals surface area contributed by atoms with E-state index in [2.05, 4.69) is 13.8 Å². The summed E-state index contributed by atoms with van der Waals surface area (Å²) in [7, 11) is 0. The molecule has 0 unspecified atom stereocenters. The fourth-order valence-electron chi connectivity index (χ4n) is 2.68. The molecule has 1 fully saturated rings. The van der Waals surface area contributed by atoms with Gasteiger partial charge in [0.1, 0.15) is 6.10 Å². The number of ether oxygens (including phenoxy) is 1. The molecule has 1 aliphatic rings. The predicted octanol–water partition coefficient (Wildman–Crippen LogP) is 3.54. The molecule has 2 heteroatoms. The van der Waals surface area contributed by atoms with Crippen molar-refractivity contribution in [2.75, 3.05) is 0 Å². The zero-order valence-corrected chi connectivity index (χ0v) is 10.3. The van der Waals surface area contributed by atoms with E-state index in [4.69, 9.17) is 4.74 Å². The number of esters is 1. The van der Waals surface area contributed by atoms with Crippen molar-refractivity contribution in [1.82, 2.24) is 0 Å². The Hall–Kier alpha value is -0.530. The van der Waals surface area contributed by atoms with Crippen LogP contribution in [-0.2, 0) is 9.53 Å². The van der Waals surface area contributed by atoms with Crippen LogP contribution >= 0.6 is 0 Å². The summed E-state index contributed by atoms with van der Waals surface area (Å²) >= 11 is 0. The van der Waals surface area contributed by atoms with Gasteiger partial charge in [-0.2, -0.15) is 0 Å². The number of rotatable bonds is 5. The molecule has 0 N–H and O–H groups in total. The molecule has 0 aromatic rings. The van der Waals surface area contributed by atoms with Gasteiger partial charge < -0.3 is 4.74 Å². The Morgan fingerprint density at radius 3 is 2.67 bits per heavy atom. The highest BCUT2D eigenvalue weighted by molar-refractivity contribution is 5.66. The Labute approximate surface area is 93.4 Å². The van der Waals surface area contributed by atoms with Crippen LogP contribution < -0.4 is 0 Å². The topological polar surface area (TPSA) is 26.3 Å². The molecule has 0 saturated heterocycles.